The van der Waals surface area contributed by atoms with Crippen molar-refractivity contribution < 1.29 is 0 Å². The summed E-state index contributed by atoms with van der Waals surface area (Å²) >= 11 is 0. The SMILES string of the molecule is CC1(C)c2nnnnc2-c2nnnnc21. The van der Waals surface area contributed by atoms with Crippen LogP contribution >= 0.6 is 0 Å². The molecule has 0 saturated heterocycles. The lowest BCUT2D eigenvalue weighted by molar-refractivity contribution is 0.565. The van der Waals surface area contributed by atoms with E-state index in [0.29, 0.717) is 22.8 Å². The highest BCUT2D eigenvalue weighted by molar-refractivity contribution is 5.69. The van der Waals surface area contributed by atoms with Gasteiger partial charge in [-0.25, -0.2) is 0 Å². The van der Waals surface area contributed by atoms with Crippen LogP contribution in [0.2, 0.25) is 0 Å². The average Bonchev–Trinajstić information content (AvgIpc) is 2.51. The van der Waals surface area contributed by atoms with Crippen molar-refractivity contribution in [1.29, 1.82) is 0 Å². The van der Waals surface area contributed by atoms with Crippen LogP contribution in [0.5, 0.6) is 0 Å². The summed E-state index contributed by atoms with van der Waals surface area (Å²) in [6, 6.07) is 0. The number of hydrogen-bond donors (Lipinski definition) is 0. The summed E-state index contributed by atoms with van der Waals surface area (Å²) in [4.78, 5) is 0. The molecule has 0 N–H and O–H groups in total. The Hall–Kier alpha value is -2.12. The minimum Gasteiger partial charge on any atom is -0.130 e. The molecule has 0 bridgehead atoms. The quantitative estimate of drug-likeness (QED) is 0.544. The van der Waals surface area contributed by atoms with Crippen LogP contribution in [0.15, 0.2) is 0 Å². The number of hydrogen-bond acceptors (Lipinski definition) is 8. The molecule has 2 heterocycles. The fraction of sp³-hybridized carbons (Fsp3) is 0.429. The Balaban J connectivity index is 2.42. The summed E-state index contributed by atoms with van der Waals surface area (Å²) in [6.07, 6.45) is 0. The minimum atomic E-state index is -0.392. The van der Waals surface area contributed by atoms with Crippen molar-refractivity contribution in [3.63, 3.8) is 0 Å². The maximum atomic E-state index is 3.97. The highest BCUT2D eigenvalue weighted by Crippen LogP contribution is 2.42. The van der Waals surface area contributed by atoms with E-state index in [9.17, 15) is 0 Å². The Kier molecular flexibility index (Phi) is 1.35. The molecule has 0 aromatic carbocycles. The van der Waals surface area contributed by atoms with Gasteiger partial charge < -0.3 is 0 Å². The molecule has 1 aliphatic rings. The summed E-state index contributed by atoms with van der Waals surface area (Å²) in [5.74, 6) is 0. The second-order valence-corrected chi connectivity index (χ2v) is 3.78. The third-order valence-electron chi connectivity index (χ3n) is 2.52. The third-order valence-corrected chi connectivity index (χ3v) is 2.52. The van der Waals surface area contributed by atoms with Gasteiger partial charge >= 0.3 is 0 Å². The Morgan fingerprint density at radius 3 is 1.53 bits per heavy atom. The first-order chi connectivity index (χ1) is 7.21. The molecule has 0 saturated carbocycles. The zero-order valence-electron chi connectivity index (χ0n) is 8.08. The van der Waals surface area contributed by atoms with Gasteiger partial charge in [0.05, 0.1) is 5.41 Å². The molecular weight excluding hydrogens is 196 g/mol. The highest BCUT2D eigenvalue weighted by atomic mass is 15.5. The molecule has 0 radical (unpaired) electrons. The van der Waals surface area contributed by atoms with Gasteiger partial charge in [-0.15, -0.1) is 20.4 Å². The van der Waals surface area contributed by atoms with Crippen LogP contribution in [0, 0.1) is 0 Å². The van der Waals surface area contributed by atoms with E-state index in [0.717, 1.165) is 0 Å². The average molecular weight is 202 g/mol. The Morgan fingerprint density at radius 1 is 0.667 bits per heavy atom. The molecule has 0 aliphatic heterocycles. The summed E-state index contributed by atoms with van der Waals surface area (Å²) in [5.41, 5.74) is 2.21. The lowest BCUT2D eigenvalue weighted by Crippen LogP contribution is -2.20. The van der Waals surface area contributed by atoms with Crippen LogP contribution in [-0.4, -0.2) is 41.2 Å². The summed E-state index contributed by atoms with van der Waals surface area (Å²) < 4.78 is 0. The molecule has 0 fully saturated rings. The second kappa shape index (κ2) is 2.47. The fourth-order valence-electron chi connectivity index (χ4n) is 1.72. The van der Waals surface area contributed by atoms with Crippen LogP contribution < -0.4 is 0 Å². The van der Waals surface area contributed by atoms with Crippen molar-refractivity contribution in [3.8, 4) is 11.4 Å². The van der Waals surface area contributed by atoms with Crippen molar-refractivity contribution in [1.82, 2.24) is 41.2 Å². The smallest absolute Gasteiger partial charge is 0.130 e. The van der Waals surface area contributed by atoms with Crippen LogP contribution in [0.1, 0.15) is 25.2 Å². The molecule has 0 atom stereocenters. The second-order valence-electron chi connectivity index (χ2n) is 3.78. The number of aromatic nitrogens is 8. The van der Waals surface area contributed by atoms with E-state index in [-0.39, 0.29) is 0 Å². The van der Waals surface area contributed by atoms with Crippen LogP contribution in [0.25, 0.3) is 11.4 Å². The van der Waals surface area contributed by atoms with Gasteiger partial charge in [0.1, 0.15) is 22.8 Å². The van der Waals surface area contributed by atoms with Crippen molar-refractivity contribution in [3.05, 3.63) is 11.4 Å². The van der Waals surface area contributed by atoms with Gasteiger partial charge in [-0.3, -0.25) is 0 Å². The number of rotatable bonds is 0. The molecule has 1 aliphatic carbocycles. The fourth-order valence-corrected chi connectivity index (χ4v) is 1.72. The summed E-state index contributed by atoms with van der Waals surface area (Å²) in [6.45, 7) is 3.93. The normalized spacial score (nSPS) is 15.9. The maximum Gasteiger partial charge on any atom is 0.141 e. The van der Waals surface area contributed by atoms with Gasteiger partial charge in [0.15, 0.2) is 0 Å². The van der Waals surface area contributed by atoms with E-state index in [4.69, 9.17) is 0 Å². The molecule has 2 aromatic rings. The van der Waals surface area contributed by atoms with E-state index in [1.165, 1.54) is 0 Å². The Bertz CT molecular complexity index is 489. The standard InChI is InChI=1S/C7H6N8/c1-7(2)5-3(8-12-14-10-5)4-6(7)11-15-13-9-4/h1-2H3. The molecule has 8 nitrogen and oxygen atoms in total. The lowest BCUT2D eigenvalue weighted by Gasteiger charge is -2.15. The van der Waals surface area contributed by atoms with Crippen molar-refractivity contribution in [2.75, 3.05) is 0 Å². The highest BCUT2D eigenvalue weighted by Gasteiger charge is 2.42. The Labute approximate surface area is 84.1 Å². The van der Waals surface area contributed by atoms with E-state index >= 15 is 0 Å². The summed E-state index contributed by atoms with van der Waals surface area (Å²) in [7, 11) is 0. The lowest BCUT2D eigenvalue weighted by atomic mass is 9.90. The molecule has 3 rings (SSSR count). The van der Waals surface area contributed by atoms with E-state index in [2.05, 4.69) is 41.2 Å². The van der Waals surface area contributed by atoms with Gasteiger partial charge in [0, 0.05) is 0 Å². The topological polar surface area (TPSA) is 103 Å². The monoisotopic (exact) mass is 202 g/mol. The zero-order valence-corrected chi connectivity index (χ0v) is 8.08. The van der Waals surface area contributed by atoms with Gasteiger partial charge in [-0.2, -0.15) is 0 Å². The van der Waals surface area contributed by atoms with Crippen LogP contribution in [-0.2, 0) is 5.41 Å². The predicted octanol–water partition coefficient (Wildman–Crippen LogP) is -0.847. The molecule has 0 spiro atoms. The zero-order chi connectivity index (χ0) is 10.5. The summed E-state index contributed by atoms with van der Waals surface area (Å²) in [5, 5.41) is 29.8. The Morgan fingerprint density at radius 2 is 1.07 bits per heavy atom. The molecule has 8 heteroatoms. The predicted molar refractivity (Wildman–Crippen MR) is 46.4 cm³/mol. The van der Waals surface area contributed by atoms with Gasteiger partial charge in [-0.05, 0) is 34.7 Å². The van der Waals surface area contributed by atoms with Gasteiger partial charge in [0.25, 0.3) is 0 Å². The first-order valence-corrected chi connectivity index (χ1v) is 4.34. The van der Waals surface area contributed by atoms with Crippen molar-refractivity contribution in [2.24, 2.45) is 0 Å². The number of fused-ring (bicyclic) bond motifs is 3. The van der Waals surface area contributed by atoms with E-state index in [1.807, 2.05) is 13.8 Å². The molecule has 2 aromatic heterocycles. The molecular formula is C7H6N8. The van der Waals surface area contributed by atoms with Gasteiger partial charge in [0.2, 0.25) is 0 Å². The molecule has 0 amide bonds. The first-order valence-electron chi connectivity index (χ1n) is 4.34. The molecule has 15 heavy (non-hydrogen) atoms. The maximum absolute atomic E-state index is 3.97. The first kappa shape index (κ1) is 8.21. The molecule has 74 valence electrons. The molecule has 0 unspecified atom stereocenters. The third kappa shape index (κ3) is 0.901. The van der Waals surface area contributed by atoms with Crippen molar-refractivity contribution >= 4 is 0 Å². The van der Waals surface area contributed by atoms with Crippen molar-refractivity contribution in [2.45, 2.75) is 19.3 Å². The van der Waals surface area contributed by atoms with Crippen LogP contribution in [0.4, 0.5) is 0 Å². The largest absolute Gasteiger partial charge is 0.141 e. The number of nitrogens with zero attached hydrogens (tertiary/aromatic N) is 8. The minimum absolute atomic E-state index is 0.392. The van der Waals surface area contributed by atoms with Crippen LogP contribution in [0.3, 0.4) is 0 Å². The van der Waals surface area contributed by atoms with E-state index in [1.54, 1.807) is 0 Å². The van der Waals surface area contributed by atoms with E-state index < -0.39 is 5.41 Å². The van der Waals surface area contributed by atoms with Gasteiger partial charge in [-0.1, -0.05) is 0 Å².